The topological polar surface area (TPSA) is 40.5 Å². The normalized spacial score (nSPS) is 28.7. The summed E-state index contributed by atoms with van der Waals surface area (Å²) in [6, 6.07) is -0.267. The minimum atomic E-state index is -0.676. The Hall–Kier alpha value is -0.830. The lowest BCUT2D eigenvalue weighted by Gasteiger charge is -2.19. The summed E-state index contributed by atoms with van der Waals surface area (Å²) in [6.07, 6.45) is 5.91. The number of carboxylic acid groups (broad SMARTS) is 1. The molecule has 1 aliphatic heterocycles. The molecule has 3 heteroatoms. The molecule has 2 atom stereocenters. The third kappa shape index (κ3) is 2.58. The fourth-order valence-corrected chi connectivity index (χ4v) is 2.14. The Morgan fingerprint density at radius 1 is 1.64 bits per heavy atom. The van der Waals surface area contributed by atoms with E-state index >= 15 is 0 Å². The van der Waals surface area contributed by atoms with Gasteiger partial charge >= 0.3 is 5.97 Å². The van der Waals surface area contributed by atoms with Crippen molar-refractivity contribution >= 4 is 5.97 Å². The highest BCUT2D eigenvalue weighted by molar-refractivity contribution is 5.74. The number of aliphatic carboxylic acids is 1. The van der Waals surface area contributed by atoms with E-state index in [-0.39, 0.29) is 6.04 Å². The molecule has 0 aromatic heterocycles. The predicted octanol–water partition coefficient (Wildman–Crippen LogP) is 1.75. The number of hydrogen-bond donors (Lipinski definition) is 1. The van der Waals surface area contributed by atoms with Gasteiger partial charge in [-0.3, -0.25) is 9.69 Å². The van der Waals surface area contributed by atoms with E-state index in [0.717, 1.165) is 25.9 Å². The number of likely N-dealkylation sites (tertiary alicyclic amines) is 1. The molecular formula is C11H19NO2. The maximum atomic E-state index is 11.0. The summed E-state index contributed by atoms with van der Waals surface area (Å²) in [7, 11) is 0. The van der Waals surface area contributed by atoms with Crippen LogP contribution in [0.5, 0.6) is 0 Å². The summed E-state index contributed by atoms with van der Waals surface area (Å²) in [5, 5.41) is 9.03. The predicted molar refractivity (Wildman–Crippen MR) is 56.2 cm³/mol. The van der Waals surface area contributed by atoms with Crippen LogP contribution in [0.15, 0.2) is 12.2 Å². The zero-order chi connectivity index (χ0) is 10.6. The summed E-state index contributed by atoms with van der Waals surface area (Å²) >= 11 is 0. The zero-order valence-corrected chi connectivity index (χ0v) is 8.94. The van der Waals surface area contributed by atoms with Crippen LogP contribution in [0, 0.1) is 5.92 Å². The summed E-state index contributed by atoms with van der Waals surface area (Å²) < 4.78 is 0. The van der Waals surface area contributed by atoms with Crippen molar-refractivity contribution in [2.45, 2.75) is 32.7 Å². The van der Waals surface area contributed by atoms with Gasteiger partial charge in [0.15, 0.2) is 0 Å². The van der Waals surface area contributed by atoms with Crippen LogP contribution in [0.2, 0.25) is 0 Å². The molecule has 0 amide bonds. The number of hydrogen-bond acceptors (Lipinski definition) is 2. The Morgan fingerprint density at radius 3 is 2.86 bits per heavy atom. The second-order valence-electron chi connectivity index (χ2n) is 3.87. The molecule has 0 spiro atoms. The highest BCUT2D eigenvalue weighted by Gasteiger charge is 2.34. The van der Waals surface area contributed by atoms with Crippen molar-refractivity contribution in [2.75, 3.05) is 13.1 Å². The van der Waals surface area contributed by atoms with E-state index < -0.39 is 5.97 Å². The largest absolute Gasteiger partial charge is 0.480 e. The van der Waals surface area contributed by atoms with Crippen LogP contribution in [0.4, 0.5) is 0 Å². The maximum Gasteiger partial charge on any atom is 0.320 e. The van der Waals surface area contributed by atoms with E-state index in [1.807, 2.05) is 13.0 Å². The average Bonchev–Trinajstić information content (AvgIpc) is 2.49. The molecule has 1 fully saturated rings. The molecule has 1 N–H and O–H groups in total. The molecule has 14 heavy (non-hydrogen) atoms. The van der Waals surface area contributed by atoms with E-state index in [4.69, 9.17) is 5.11 Å². The molecule has 1 heterocycles. The fraction of sp³-hybridized carbons (Fsp3) is 0.727. The summed E-state index contributed by atoms with van der Waals surface area (Å²) in [5.41, 5.74) is 0. The van der Waals surface area contributed by atoms with Gasteiger partial charge in [0, 0.05) is 6.54 Å². The number of carboxylic acids is 1. The van der Waals surface area contributed by atoms with Gasteiger partial charge in [-0.2, -0.15) is 0 Å². The fourth-order valence-electron chi connectivity index (χ4n) is 2.14. The van der Waals surface area contributed by atoms with E-state index in [1.165, 1.54) is 0 Å². The number of allylic oxidation sites excluding steroid dienone is 1. The van der Waals surface area contributed by atoms with Crippen LogP contribution in [0.3, 0.4) is 0 Å². The third-order valence-electron chi connectivity index (χ3n) is 2.70. The first kappa shape index (κ1) is 11.2. The molecule has 1 saturated heterocycles. The molecule has 2 unspecified atom stereocenters. The van der Waals surface area contributed by atoms with Crippen LogP contribution in [0.1, 0.15) is 26.7 Å². The van der Waals surface area contributed by atoms with Crippen molar-refractivity contribution < 1.29 is 9.90 Å². The first-order valence-electron chi connectivity index (χ1n) is 5.28. The van der Waals surface area contributed by atoms with Crippen molar-refractivity contribution in [3.05, 3.63) is 12.2 Å². The molecule has 0 radical (unpaired) electrons. The van der Waals surface area contributed by atoms with Crippen LogP contribution in [0.25, 0.3) is 0 Å². The zero-order valence-electron chi connectivity index (χ0n) is 8.94. The standard InChI is InChI=1S/C11H19NO2/c1-3-5-9-7-10(11(13)14)12(8-9)6-4-2/h3,5,9-10H,4,6-8H2,1-2H3,(H,13,14)/b5-3-. The van der Waals surface area contributed by atoms with Crippen LogP contribution >= 0.6 is 0 Å². The maximum absolute atomic E-state index is 11.0. The molecule has 0 aliphatic carbocycles. The van der Waals surface area contributed by atoms with Crippen LogP contribution < -0.4 is 0 Å². The lowest BCUT2D eigenvalue weighted by Crippen LogP contribution is -2.36. The molecule has 80 valence electrons. The van der Waals surface area contributed by atoms with Crippen LogP contribution in [-0.2, 0) is 4.79 Å². The summed E-state index contributed by atoms with van der Waals surface area (Å²) in [6.45, 7) is 5.86. The van der Waals surface area contributed by atoms with Crippen molar-refractivity contribution in [1.29, 1.82) is 0 Å². The van der Waals surface area contributed by atoms with Crippen molar-refractivity contribution in [3.63, 3.8) is 0 Å². The van der Waals surface area contributed by atoms with Gasteiger partial charge in [-0.05, 0) is 32.2 Å². The van der Waals surface area contributed by atoms with Crippen LogP contribution in [-0.4, -0.2) is 35.1 Å². The van der Waals surface area contributed by atoms with Gasteiger partial charge in [-0.1, -0.05) is 19.1 Å². The molecule has 0 bridgehead atoms. The Labute approximate surface area is 85.4 Å². The smallest absolute Gasteiger partial charge is 0.320 e. The van der Waals surface area contributed by atoms with E-state index in [0.29, 0.717) is 5.92 Å². The molecular weight excluding hydrogens is 178 g/mol. The number of nitrogens with zero attached hydrogens (tertiary/aromatic N) is 1. The second-order valence-corrected chi connectivity index (χ2v) is 3.87. The molecule has 0 aromatic carbocycles. The quantitative estimate of drug-likeness (QED) is 0.698. The van der Waals surface area contributed by atoms with Gasteiger partial charge in [0.2, 0.25) is 0 Å². The SMILES string of the molecule is C/C=C\C1CC(C(=O)O)N(CCC)C1. The molecule has 3 nitrogen and oxygen atoms in total. The van der Waals surface area contributed by atoms with E-state index in [1.54, 1.807) is 0 Å². The molecule has 0 saturated carbocycles. The van der Waals surface area contributed by atoms with Crippen molar-refractivity contribution in [1.82, 2.24) is 4.90 Å². The lowest BCUT2D eigenvalue weighted by atomic mass is 10.1. The Kier molecular flexibility index (Phi) is 4.14. The molecule has 1 aliphatic rings. The number of rotatable bonds is 4. The highest BCUT2D eigenvalue weighted by Crippen LogP contribution is 2.24. The van der Waals surface area contributed by atoms with Gasteiger partial charge in [-0.15, -0.1) is 0 Å². The van der Waals surface area contributed by atoms with E-state index in [9.17, 15) is 4.79 Å². The molecule has 1 rings (SSSR count). The first-order valence-corrected chi connectivity index (χ1v) is 5.28. The van der Waals surface area contributed by atoms with Gasteiger partial charge in [-0.25, -0.2) is 0 Å². The Balaban J connectivity index is 2.59. The number of carbonyl (C=O) groups is 1. The Morgan fingerprint density at radius 2 is 2.36 bits per heavy atom. The monoisotopic (exact) mass is 197 g/mol. The second kappa shape index (κ2) is 5.15. The third-order valence-corrected chi connectivity index (χ3v) is 2.70. The van der Waals surface area contributed by atoms with Gasteiger partial charge in [0.05, 0.1) is 0 Å². The molecule has 0 aromatic rings. The summed E-state index contributed by atoms with van der Waals surface area (Å²) in [5.74, 6) is -0.252. The minimum Gasteiger partial charge on any atom is -0.480 e. The Bertz CT molecular complexity index is 225. The van der Waals surface area contributed by atoms with Crippen molar-refractivity contribution in [2.24, 2.45) is 5.92 Å². The first-order chi connectivity index (χ1) is 6.69. The van der Waals surface area contributed by atoms with Gasteiger partial charge in [0.1, 0.15) is 6.04 Å². The van der Waals surface area contributed by atoms with Crippen molar-refractivity contribution in [3.8, 4) is 0 Å². The van der Waals surface area contributed by atoms with E-state index in [2.05, 4.69) is 17.9 Å². The highest BCUT2D eigenvalue weighted by atomic mass is 16.4. The van der Waals surface area contributed by atoms with Gasteiger partial charge in [0.25, 0.3) is 0 Å². The summed E-state index contributed by atoms with van der Waals surface area (Å²) in [4.78, 5) is 13.0. The lowest BCUT2D eigenvalue weighted by molar-refractivity contribution is -0.142. The average molecular weight is 197 g/mol. The minimum absolute atomic E-state index is 0.267. The van der Waals surface area contributed by atoms with Gasteiger partial charge < -0.3 is 5.11 Å².